The van der Waals surface area contributed by atoms with Crippen LogP contribution in [0.3, 0.4) is 0 Å². The van der Waals surface area contributed by atoms with Crippen molar-refractivity contribution in [2.24, 2.45) is 0 Å². The molecular formula is C20H22FN3O5S. The third kappa shape index (κ3) is 4.70. The van der Waals surface area contributed by atoms with E-state index in [0.29, 0.717) is 12.2 Å². The molecule has 1 atom stereocenters. The zero-order valence-electron chi connectivity index (χ0n) is 16.5. The Labute approximate surface area is 174 Å². The fraction of sp³-hybridized carbons (Fsp3) is 0.300. The average Bonchev–Trinajstić information content (AvgIpc) is 2.72. The summed E-state index contributed by atoms with van der Waals surface area (Å²) in [5.74, 6) is -0.583. The number of sulfonamides is 1. The van der Waals surface area contributed by atoms with Gasteiger partial charge in [0.2, 0.25) is 5.91 Å². The van der Waals surface area contributed by atoms with Crippen molar-refractivity contribution in [1.29, 1.82) is 0 Å². The van der Waals surface area contributed by atoms with Crippen LogP contribution in [0.4, 0.5) is 20.6 Å². The number of amides is 2. The molecule has 8 nitrogen and oxygen atoms in total. The maximum Gasteiger partial charge on any atom is 0.420 e. The Morgan fingerprint density at radius 2 is 1.87 bits per heavy atom. The highest BCUT2D eigenvalue weighted by Gasteiger charge is 2.26. The van der Waals surface area contributed by atoms with E-state index < -0.39 is 22.2 Å². The summed E-state index contributed by atoms with van der Waals surface area (Å²) in [6, 6.07) is 9.43. The summed E-state index contributed by atoms with van der Waals surface area (Å²) < 4.78 is 43.7. The number of anilines is 2. The highest BCUT2D eigenvalue weighted by atomic mass is 32.2. The lowest BCUT2D eigenvalue weighted by Crippen LogP contribution is -2.44. The minimum Gasteiger partial charge on any atom is -0.452 e. The first-order valence-electron chi connectivity index (χ1n) is 9.28. The molecule has 2 N–H and O–H groups in total. The quantitative estimate of drug-likeness (QED) is 0.748. The minimum absolute atomic E-state index is 0.147. The number of fused-ring (bicyclic) bond motifs is 1. The summed E-state index contributed by atoms with van der Waals surface area (Å²) in [7, 11) is -3.01. The van der Waals surface area contributed by atoms with Crippen molar-refractivity contribution in [3.05, 3.63) is 53.8 Å². The van der Waals surface area contributed by atoms with E-state index in [0.717, 1.165) is 31.2 Å². The number of benzene rings is 2. The van der Waals surface area contributed by atoms with Crippen LogP contribution >= 0.6 is 0 Å². The summed E-state index contributed by atoms with van der Waals surface area (Å²) in [4.78, 5) is 25.7. The number of halogens is 1. The molecule has 10 heteroatoms. The van der Waals surface area contributed by atoms with Crippen LogP contribution in [0.15, 0.2) is 47.4 Å². The van der Waals surface area contributed by atoms with Gasteiger partial charge in [0.1, 0.15) is 11.9 Å². The molecule has 2 amide bonds. The van der Waals surface area contributed by atoms with Gasteiger partial charge in [-0.15, -0.1) is 0 Å². The molecule has 0 spiro atoms. The lowest BCUT2D eigenvalue weighted by atomic mass is 10.00. The maximum absolute atomic E-state index is 13.5. The molecule has 1 aliphatic rings. The molecule has 0 aromatic heterocycles. The van der Waals surface area contributed by atoms with E-state index >= 15 is 0 Å². The van der Waals surface area contributed by atoms with Gasteiger partial charge in [0.25, 0.3) is 10.0 Å². The van der Waals surface area contributed by atoms with Crippen LogP contribution in [0.5, 0.6) is 0 Å². The molecule has 0 bridgehead atoms. The van der Waals surface area contributed by atoms with Gasteiger partial charge in [-0.2, -0.15) is 0 Å². The molecule has 30 heavy (non-hydrogen) atoms. The summed E-state index contributed by atoms with van der Waals surface area (Å²) in [5.41, 5.74) is 2.11. The van der Waals surface area contributed by atoms with Crippen molar-refractivity contribution in [2.75, 3.05) is 23.9 Å². The molecule has 3 rings (SSSR count). The van der Waals surface area contributed by atoms with Crippen molar-refractivity contribution >= 4 is 33.4 Å². The fourth-order valence-corrected chi connectivity index (χ4v) is 4.23. The Kier molecular flexibility index (Phi) is 6.25. The molecule has 2 aromatic rings. The number of hydrogen-bond acceptors (Lipinski definition) is 6. The Morgan fingerprint density at radius 3 is 2.53 bits per heavy atom. The smallest absolute Gasteiger partial charge is 0.420 e. The number of carbonyl (C=O) groups excluding carboxylic acids is 2. The van der Waals surface area contributed by atoms with Crippen LogP contribution in [-0.2, 0) is 26.0 Å². The number of nitrogens with zero attached hydrogens (tertiary/aromatic N) is 1. The first kappa shape index (κ1) is 21.6. The predicted octanol–water partition coefficient (Wildman–Crippen LogP) is 2.65. The number of aryl methyl sites for hydroxylation is 1. The molecule has 2 aromatic carbocycles. The number of nitrogens with one attached hydrogen (secondary N) is 2. The largest absolute Gasteiger partial charge is 0.452 e. The highest BCUT2D eigenvalue weighted by molar-refractivity contribution is 7.90. The van der Waals surface area contributed by atoms with Gasteiger partial charge in [0.15, 0.2) is 0 Å². The molecule has 0 saturated heterocycles. The topological polar surface area (TPSA) is 105 Å². The predicted molar refractivity (Wildman–Crippen MR) is 109 cm³/mol. The van der Waals surface area contributed by atoms with Crippen molar-refractivity contribution < 1.29 is 27.1 Å². The number of ether oxygens (including phenoxy) is 1. The molecule has 0 fully saturated rings. The zero-order chi connectivity index (χ0) is 21.9. The first-order valence-corrected chi connectivity index (χ1v) is 10.8. The number of rotatable bonds is 5. The van der Waals surface area contributed by atoms with Crippen molar-refractivity contribution in [3.8, 4) is 0 Å². The van der Waals surface area contributed by atoms with Gasteiger partial charge >= 0.3 is 6.09 Å². The van der Waals surface area contributed by atoms with E-state index in [1.807, 2.05) is 4.90 Å². The van der Waals surface area contributed by atoms with Crippen molar-refractivity contribution in [3.63, 3.8) is 0 Å². The second-order valence-corrected chi connectivity index (χ2v) is 8.54. The van der Waals surface area contributed by atoms with Crippen LogP contribution in [-0.4, -0.2) is 40.1 Å². The summed E-state index contributed by atoms with van der Waals surface area (Å²) in [5, 5.41) is 2.75. The Bertz CT molecular complexity index is 1060. The lowest BCUT2D eigenvalue weighted by Gasteiger charge is -2.35. The molecule has 160 valence electrons. The molecule has 1 aliphatic heterocycles. The van der Waals surface area contributed by atoms with E-state index in [1.54, 1.807) is 17.7 Å². The molecule has 0 radical (unpaired) electrons. The van der Waals surface area contributed by atoms with Crippen molar-refractivity contribution in [2.45, 2.75) is 30.7 Å². The SMILES string of the molecule is COC(=O)NS(=O)(=O)c1ccc(NC(=O)[C@H](C)N2CCCc3cc(F)ccc32)cc1. The van der Waals surface area contributed by atoms with E-state index in [9.17, 15) is 22.4 Å². The second-order valence-electron chi connectivity index (χ2n) is 6.86. The molecule has 0 unspecified atom stereocenters. The average molecular weight is 435 g/mol. The Hall–Kier alpha value is -3.14. The van der Waals surface area contributed by atoms with E-state index in [2.05, 4.69) is 10.1 Å². The van der Waals surface area contributed by atoms with Gasteiger partial charge in [-0.25, -0.2) is 22.3 Å². The Balaban J connectivity index is 1.70. The van der Waals surface area contributed by atoms with Gasteiger partial charge < -0.3 is 15.0 Å². The van der Waals surface area contributed by atoms with Crippen LogP contribution < -0.4 is 14.9 Å². The molecule has 0 saturated carbocycles. The van der Waals surface area contributed by atoms with Crippen LogP contribution in [0.1, 0.15) is 18.9 Å². The summed E-state index contributed by atoms with van der Waals surface area (Å²) in [6.45, 7) is 2.43. The third-order valence-electron chi connectivity index (χ3n) is 4.88. The molecule has 1 heterocycles. The molecule has 0 aliphatic carbocycles. The monoisotopic (exact) mass is 435 g/mol. The highest BCUT2D eigenvalue weighted by Crippen LogP contribution is 2.29. The van der Waals surface area contributed by atoms with Gasteiger partial charge in [-0.05, 0) is 67.8 Å². The van der Waals surface area contributed by atoms with Crippen LogP contribution in [0.25, 0.3) is 0 Å². The van der Waals surface area contributed by atoms with Crippen LogP contribution in [0.2, 0.25) is 0 Å². The second kappa shape index (κ2) is 8.70. The third-order valence-corrected chi connectivity index (χ3v) is 6.21. The number of hydrogen-bond donors (Lipinski definition) is 2. The van der Waals surface area contributed by atoms with Gasteiger partial charge in [-0.3, -0.25) is 4.79 Å². The Morgan fingerprint density at radius 1 is 1.17 bits per heavy atom. The van der Waals surface area contributed by atoms with Gasteiger partial charge in [0.05, 0.1) is 12.0 Å². The maximum atomic E-state index is 13.5. The summed E-state index contributed by atoms with van der Waals surface area (Å²) >= 11 is 0. The van der Waals surface area contributed by atoms with E-state index in [-0.39, 0.29) is 16.6 Å². The van der Waals surface area contributed by atoms with Crippen LogP contribution in [0, 0.1) is 5.82 Å². The van der Waals surface area contributed by atoms with Crippen molar-refractivity contribution in [1.82, 2.24) is 4.72 Å². The van der Waals surface area contributed by atoms with E-state index in [1.165, 1.54) is 36.4 Å². The summed E-state index contributed by atoms with van der Waals surface area (Å²) in [6.07, 6.45) is 0.476. The number of methoxy groups -OCH3 is 1. The normalized spacial score (nSPS) is 14.4. The lowest BCUT2D eigenvalue weighted by molar-refractivity contribution is -0.117. The van der Waals surface area contributed by atoms with Gasteiger partial charge in [-0.1, -0.05) is 0 Å². The van der Waals surface area contributed by atoms with E-state index in [4.69, 9.17) is 0 Å². The fourth-order valence-electron chi connectivity index (χ4n) is 3.31. The first-order chi connectivity index (χ1) is 14.2. The standard InChI is InChI=1S/C20H22FN3O5S/c1-13(24-11-3-4-14-12-15(21)5-10-18(14)24)19(25)22-16-6-8-17(9-7-16)30(27,28)23-20(26)29-2/h5-10,12-13H,3-4,11H2,1-2H3,(H,22,25)(H,23,26)/t13-/m0/s1. The minimum atomic E-state index is -4.06. The number of carbonyl (C=O) groups is 2. The molecular weight excluding hydrogens is 413 g/mol. The zero-order valence-corrected chi connectivity index (χ0v) is 17.3. The van der Waals surface area contributed by atoms with Gasteiger partial charge in [0, 0.05) is 17.9 Å².